The molecule has 0 radical (unpaired) electrons. The third-order valence-corrected chi connectivity index (χ3v) is 4.46. The number of hydrogen-bond donors (Lipinski definition) is 2. The molecule has 0 unspecified atom stereocenters. The summed E-state index contributed by atoms with van der Waals surface area (Å²) in [4.78, 5) is -0.308. The van der Waals surface area contributed by atoms with E-state index in [1.807, 2.05) is 0 Å². The molecule has 2 rings (SSSR count). The van der Waals surface area contributed by atoms with Gasteiger partial charge in [0.2, 0.25) is 0 Å². The Morgan fingerprint density at radius 3 is 2.65 bits per heavy atom. The SMILES string of the molecule is NCc1cccc(NS(=O)(=O)c2cc(F)ccc2Cl)c1. The van der Waals surface area contributed by atoms with E-state index in [1.54, 1.807) is 24.3 Å². The van der Waals surface area contributed by atoms with Gasteiger partial charge in [-0.15, -0.1) is 0 Å². The fourth-order valence-electron chi connectivity index (χ4n) is 1.66. The largest absolute Gasteiger partial charge is 0.326 e. The standard InChI is InChI=1S/C13H12ClFN2O2S/c14-12-5-4-10(15)7-13(12)20(18,19)17-11-3-1-2-9(6-11)8-16/h1-7,17H,8,16H2. The van der Waals surface area contributed by atoms with Crippen LogP contribution in [0.2, 0.25) is 5.02 Å². The molecule has 4 nitrogen and oxygen atoms in total. The molecule has 0 heterocycles. The predicted molar refractivity (Wildman–Crippen MR) is 76.6 cm³/mol. The molecule has 0 spiro atoms. The zero-order valence-corrected chi connectivity index (χ0v) is 11.9. The van der Waals surface area contributed by atoms with E-state index in [0.29, 0.717) is 5.69 Å². The molecular weight excluding hydrogens is 303 g/mol. The highest BCUT2D eigenvalue weighted by molar-refractivity contribution is 7.92. The zero-order chi connectivity index (χ0) is 14.8. The van der Waals surface area contributed by atoms with Crippen molar-refractivity contribution in [3.8, 4) is 0 Å². The minimum atomic E-state index is -3.95. The quantitative estimate of drug-likeness (QED) is 0.911. The van der Waals surface area contributed by atoms with E-state index in [1.165, 1.54) is 6.07 Å². The van der Waals surface area contributed by atoms with Crippen LogP contribution in [0.5, 0.6) is 0 Å². The second kappa shape index (κ2) is 5.78. The maximum Gasteiger partial charge on any atom is 0.263 e. The Labute approximate surface area is 121 Å². The number of halogens is 2. The van der Waals surface area contributed by atoms with Gasteiger partial charge in [-0.05, 0) is 35.9 Å². The highest BCUT2D eigenvalue weighted by atomic mass is 35.5. The first-order valence-electron chi connectivity index (χ1n) is 5.69. The molecule has 0 fully saturated rings. The second-order valence-corrected chi connectivity index (χ2v) is 6.14. The van der Waals surface area contributed by atoms with Crippen molar-refractivity contribution < 1.29 is 12.8 Å². The first-order valence-corrected chi connectivity index (χ1v) is 7.55. The molecule has 7 heteroatoms. The van der Waals surface area contributed by atoms with Crippen molar-refractivity contribution in [3.05, 3.63) is 58.9 Å². The first-order chi connectivity index (χ1) is 9.42. The van der Waals surface area contributed by atoms with Gasteiger partial charge in [-0.3, -0.25) is 4.72 Å². The summed E-state index contributed by atoms with van der Waals surface area (Å²) in [5, 5.41) is -0.0473. The Balaban J connectivity index is 2.38. The molecule has 0 aliphatic carbocycles. The molecule has 2 aromatic carbocycles. The van der Waals surface area contributed by atoms with E-state index in [-0.39, 0.29) is 16.5 Å². The van der Waals surface area contributed by atoms with Crippen molar-refractivity contribution in [1.82, 2.24) is 0 Å². The summed E-state index contributed by atoms with van der Waals surface area (Å²) in [6.07, 6.45) is 0. The Morgan fingerprint density at radius 2 is 1.95 bits per heavy atom. The normalized spacial score (nSPS) is 11.3. The lowest BCUT2D eigenvalue weighted by Gasteiger charge is -2.10. The number of nitrogens with one attached hydrogen (secondary N) is 1. The van der Waals surface area contributed by atoms with Crippen LogP contribution in [0.3, 0.4) is 0 Å². The van der Waals surface area contributed by atoms with Gasteiger partial charge in [0.15, 0.2) is 0 Å². The summed E-state index contributed by atoms with van der Waals surface area (Å²) in [5.74, 6) is -0.675. The van der Waals surface area contributed by atoms with E-state index in [4.69, 9.17) is 17.3 Å². The van der Waals surface area contributed by atoms with Crippen LogP contribution in [0.4, 0.5) is 10.1 Å². The van der Waals surface area contributed by atoms with Crippen LogP contribution in [0.25, 0.3) is 0 Å². The number of nitrogens with two attached hydrogens (primary N) is 1. The van der Waals surface area contributed by atoms with Crippen LogP contribution in [0, 0.1) is 5.82 Å². The Hall–Kier alpha value is -1.63. The van der Waals surface area contributed by atoms with Gasteiger partial charge >= 0.3 is 0 Å². The lowest BCUT2D eigenvalue weighted by Crippen LogP contribution is -2.14. The summed E-state index contributed by atoms with van der Waals surface area (Å²) in [6.45, 7) is 0.288. The van der Waals surface area contributed by atoms with Crippen molar-refractivity contribution in [2.45, 2.75) is 11.4 Å². The summed E-state index contributed by atoms with van der Waals surface area (Å²) < 4.78 is 39.9. The third kappa shape index (κ3) is 3.27. The van der Waals surface area contributed by atoms with Crippen LogP contribution in [-0.4, -0.2) is 8.42 Å². The monoisotopic (exact) mass is 314 g/mol. The van der Waals surface area contributed by atoms with E-state index < -0.39 is 15.8 Å². The smallest absolute Gasteiger partial charge is 0.263 e. The topological polar surface area (TPSA) is 72.2 Å². The van der Waals surface area contributed by atoms with E-state index >= 15 is 0 Å². The highest BCUT2D eigenvalue weighted by Crippen LogP contribution is 2.24. The van der Waals surface area contributed by atoms with Gasteiger partial charge in [0.05, 0.1) is 5.02 Å². The van der Waals surface area contributed by atoms with Crippen LogP contribution in [0.1, 0.15) is 5.56 Å². The molecule has 0 saturated heterocycles. The molecule has 3 N–H and O–H groups in total. The first kappa shape index (κ1) is 14.8. The van der Waals surface area contributed by atoms with Gasteiger partial charge in [0.1, 0.15) is 10.7 Å². The van der Waals surface area contributed by atoms with Crippen molar-refractivity contribution >= 4 is 27.3 Å². The molecule has 0 atom stereocenters. The average Bonchev–Trinajstić information content (AvgIpc) is 2.41. The fourth-order valence-corrected chi connectivity index (χ4v) is 3.22. The van der Waals surface area contributed by atoms with Crippen molar-refractivity contribution in [2.24, 2.45) is 5.73 Å². The lowest BCUT2D eigenvalue weighted by molar-refractivity contribution is 0.595. The van der Waals surface area contributed by atoms with Crippen LogP contribution in [-0.2, 0) is 16.6 Å². The molecular formula is C13H12ClFN2O2S. The maximum absolute atomic E-state index is 13.2. The maximum atomic E-state index is 13.2. The average molecular weight is 315 g/mol. The predicted octanol–water partition coefficient (Wildman–Crippen LogP) is 2.74. The van der Waals surface area contributed by atoms with Crippen molar-refractivity contribution in [3.63, 3.8) is 0 Å². The Morgan fingerprint density at radius 1 is 1.20 bits per heavy atom. The number of rotatable bonds is 4. The van der Waals surface area contributed by atoms with Crippen molar-refractivity contribution in [1.29, 1.82) is 0 Å². The minimum Gasteiger partial charge on any atom is -0.326 e. The van der Waals surface area contributed by atoms with Gasteiger partial charge in [-0.2, -0.15) is 0 Å². The van der Waals surface area contributed by atoms with Gasteiger partial charge in [-0.25, -0.2) is 12.8 Å². The van der Waals surface area contributed by atoms with E-state index in [2.05, 4.69) is 4.72 Å². The molecule has 2 aromatic rings. The number of benzene rings is 2. The number of sulfonamides is 1. The van der Waals surface area contributed by atoms with E-state index in [0.717, 1.165) is 17.7 Å². The van der Waals surface area contributed by atoms with Crippen LogP contribution >= 0.6 is 11.6 Å². The lowest BCUT2D eigenvalue weighted by atomic mass is 10.2. The molecule has 0 aromatic heterocycles. The molecule has 0 saturated carbocycles. The zero-order valence-electron chi connectivity index (χ0n) is 10.3. The molecule has 0 aliphatic heterocycles. The molecule has 106 valence electrons. The highest BCUT2D eigenvalue weighted by Gasteiger charge is 2.19. The van der Waals surface area contributed by atoms with E-state index in [9.17, 15) is 12.8 Å². The summed E-state index contributed by atoms with van der Waals surface area (Å²) in [7, 11) is -3.95. The number of anilines is 1. The van der Waals surface area contributed by atoms with Crippen molar-refractivity contribution in [2.75, 3.05) is 4.72 Å². The molecule has 0 bridgehead atoms. The van der Waals surface area contributed by atoms with Gasteiger partial charge in [0, 0.05) is 12.2 Å². The summed E-state index contributed by atoms with van der Waals surface area (Å²) in [6, 6.07) is 9.78. The summed E-state index contributed by atoms with van der Waals surface area (Å²) in [5.41, 5.74) is 6.60. The second-order valence-electron chi connectivity index (χ2n) is 4.08. The Bertz CT molecular complexity index is 735. The molecule has 0 aliphatic rings. The minimum absolute atomic E-state index is 0.0473. The van der Waals surface area contributed by atoms with Crippen LogP contribution < -0.4 is 10.5 Å². The van der Waals surface area contributed by atoms with Gasteiger partial charge in [0.25, 0.3) is 10.0 Å². The number of hydrogen-bond acceptors (Lipinski definition) is 3. The molecule has 20 heavy (non-hydrogen) atoms. The molecule has 0 amide bonds. The van der Waals surface area contributed by atoms with Gasteiger partial charge < -0.3 is 5.73 Å². The van der Waals surface area contributed by atoms with Crippen LogP contribution in [0.15, 0.2) is 47.4 Å². The summed E-state index contributed by atoms with van der Waals surface area (Å²) >= 11 is 5.80. The van der Waals surface area contributed by atoms with Gasteiger partial charge in [-0.1, -0.05) is 23.7 Å². The fraction of sp³-hybridized carbons (Fsp3) is 0.0769. The third-order valence-electron chi connectivity index (χ3n) is 2.60. The Kier molecular flexibility index (Phi) is 4.27.